The molecule has 0 spiro atoms. The van der Waals surface area contributed by atoms with Gasteiger partial charge in [-0.25, -0.2) is 18.9 Å². The Bertz CT molecular complexity index is 1370. The van der Waals surface area contributed by atoms with Crippen LogP contribution in [0.3, 0.4) is 0 Å². The van der Waals surface area contributed by atoms with Crippen LogP contribution in [-0.4, -0.2) is 58.0 Å². The highest BCUT2D eigenvalue weighted by Crippen LogP contribution is 2.36. The minimum absolute atomic E-state index is 0.00556. The summed E-state index contributed by atoms with van der Waals surface area (Å²) in [6.45, 7) is 0.638. The number of hydrogen-bond acceptors (Lipinski definition) is 7. The van der Waals surface area contributed by atoms with Crippen LogP contribution in [0.2, 0.25) is 0 Å². The molecule has 1 aliphatic heterocycles. The van der Waals surface area contributed by atoms with E-state index in [9.17, 15) is 13.9 Å². The molecule has 0 bridgehead atoms. The van der Waals surface area contributed by atoms with E-state index in [1.54, 1.807) is 29.2 Å². The number of anilines is 1. The number of aliphatic hydroxyl groups is 1. The molecule has 176 valence electrons. The van der Waals surface area contributed by atoms with Gasteiger partial charge >= 0.3 is 5.92 Å². The third kappa shape index (κ3) is 4.04. The lowest BCUT2D eigenvalue weighted by Crippen LogP contribution is -2.26. The van der Waals surface area contributed by atoms with Gasteiger partial charge in [-0.2, -0.15) is 8.78 Å². The molecule has 1 saturated heterocycles. The van der Waals surface area contributed by atoms with Gasteiger partial charge in [0.2, 0.25) is 5.82 Å². The van der Waals surface area contributed by atoms with Crippen molar-refractivity contribution in [2.75, 3.05) is 18.0 Å². The summed E-state index contributed by atoms with van der Waals surface area (Å²) in [5, 5.41) is 18.2. The lowest BCUT2D eigenvalue weighted by atomic mass is 10.1. The minimum atomic E-state index is -3.50. The van der Waals surface area contributed by atoms with Crippen molar-refractivity contribution in [1.29, 1.82) is 0 Å². The summed E-state index contributed by atoms with van der Waals surface area (Å²) < 4.78 is 53.6. The second kappa shape index (κ2) is 8.78. The molecular formula is C22H20F2N6O3S. The summed E-state index contributed by atoms with van der Waals surface area (Å²) >= 11 is -2.24. The number of benzene rings is 2. The molecule has 34 heavy (non-hydrogen) atoms. The Balaban J connectivity index is 1.66. The molecule has 1 unspecified atom stereocenters. The average Bonchev–Trinajstić information content (AvgIpc) is 3.45. The van der Waals surface area contributed by atoms with E-state index < -0.39 is 28.9 Å². The van der Waals surface area contributed by atoms with Crippen molar-refractivity contribution in [1.82, 2.24) is 25.0 Å². The maximum absolute atomic E-state index is 15.5. The van der Waals surface area contributed by atoms with Crippen LogP contribution in [0.25, 0.3) is 11.2 Å². The average molecular weight is 487 g/mol. The van der Waals surface area contributed by atoms with Crippen LogP contribution in [0, 0.1) is 0 Å². The summed E-state index contributed by atoms with van der Waals surface area (Å²) in [7, 11) is 0. The molecule has 1 aliphatic rings. The first-order valence-corrected chi connectivity index (χ1v) is 11.6. The van der Waals surface area contributed by atoms with Crippen molar-refractivity contribution in [2.45, 2.75) is 29.9 Å². The van der Waals surface area contributed by atoms with Gasteiger partial charge in [0.25, 0.3) is 0 Å². The summed E-state index contributed by atoms with van der Waals surface area (Å²) in [6.07, 6.45) is -0.135. The Morgan fingerprint density at radius 3 is 2.53 bits per heavy atom. The molecule has 1 fully saturated rings. The van der Waals surface area contributed by atoms with Gasteiger partial charge in [0.1, 0.15) is 0 Å². The molecule has 2 atom stereocenters. The van der Waals surface area contributed by atoms with Crippen molar-refractivity contribution < 1.29 is 22.6 Å². The highest BCUT2D eigenvalue weighted by atomic mass is 32.2. The molecule has 0 amide bonds. The Kier molecular flexibility index (Phi) is 5.80. The second-order valence-electron chi connectivity index (χ2n) is 7.98. The van der Waals surface area contributed by atoms with Crippen molar-refractivity contribution in [3.8, 4) is 0 Å². The highest BCUT2D eigenvalue weighted by molar-refractivity contribution is 7.79. The number of aromatic nitrogens is 5. The monoisotopic (exact) mass is 486 g/mol. The maximum Gasteiger partial charge on any atom is 0.331 e. The molecule has 4 aromatic rings. The first kappa shape index (κ1) is 22.4. The molecule has 2 aromatic carbocycles. The van der Waals surface area contributed by atoms with E-state index in [-0.39, 0.29) is 40.5 Å². The topological polar surface area (TPSA) is 117 Å². The predicted octanol–water partition coefficient (Wildman–Crippen LogP) is 2.56. The Hall–Kier alpha value is -3.35. The molecular weight excluding hydrogens is 466 g/mol. The van der Waals surface area contributed by atoms with E-state index in [1.807, 2.05) is 0 Å². The van der Waals surface area contributed by atoms with Gasteiger partial charge in [0.15, 0.2) is 28.1 Å². The fourth-order valence-corrected chi connectivity index (χ4v) is 4.54. The van der Waals surface area contributed by atoms with Gasteiger partial charge in [-0.3, -0.25) is 0 Å². The van der Waals surface area contributed by atoms with Crippen LogP contribution < -0.4 is 4.90 Å². The van der Waals surface area contributed by atoms with E-state index in [0.717, 1.165) is 0 Å². The zero-order valence-electron chi connectivity index (χ0n) is 17.8. The first-order chi connectivity index (χ1) is 16.3. The van der Waals surface area contributed by atoms with E-state index in [1.165, 1.54) is 35.0 Å². The molecule has 0 saturated carbocycles. The fraction of sp³-hybridized carbons (Fsp3) is 0.273. The van der Waals surface area contributed by atoms with Gasteiger partial charge in [-0.15, -0.1) is 5.10 Å². The maximum atomic E-state index is 15.5. The zero-order chi connectivity index (χ0) is 23.9. The number of hydrogen-bond donors (Lipinski definition) is 2. The number of nitrogens with zero attached hydrogens (tertiary/aromatic N) is 6. The zero-order valence-corrected chi connectivity index (χ0v) is 18.6. The van der Waals surface area contributed by atoms with Gasteiger partial charge < -0.3 is 14.6 Å². The number of halogens is 2. The number of alkyl halides is 2. The molecule has 2 aromatic heterocycles. The van der Waals surface area contributed by atoms with Crippen LogP contribution >= 0.6 is 0 Å². The molecule has 0 radical (unpaired) electrons. The molecule has 5 rings (SSSR count). The lowest BCUT2D eigenvalue weighted by molar-refractivity contribution is 0.0332. The van der Waals surface area contributed by atoms with Crippen molar-refractivity contribution in [2.24, 2.45) is 0 Å². The Morgan fingerprint density at radius 1 is 1.09 bits per heavy atom. The number of aliphatic hydroxyl groups excluding tert-OH is 1. The quantitative estimate of drug-likeness (QED) is 0.400. The van der Waals surface area contributed by atoms with Crippen molar-refractivity contribution in [3.05, 3.63) is 71.5 Å². The fourth-order valence-electron chi connectivity index (χ4n) is 3.99. The van der Waals surface area contributed by atoms with Crippen molar-refractivity contribution >= 4 is 28.1 Å². The smallest absolute Gasteiger partial charge is 0.331 e. The largest absolute Gasteiger partial charge is 0.391 e. The van der Waals surface area contributed by atoms with Crippen LogP contribution in [-0.2, 0) is 23.5 Å². The van der Waals surface area contributed by atoms with Gasteiger partial charge in [-0.1, -0.05) is 53.7 Å². The van der Waals surface area contributed by atoms with Crippen LogP contribution in [0.15, 0.2) is 59.5 Å². The number of β-amino-alcohol motifs (C(OH)–C–C–N with tert-alkyl or cyclic N) is 1. The normalized spacial score (nSPS) is 17.4. The molecule has 3 heterocycles. The van der Waals surface area contributed by atoms with Crippen LogP contribution in [0.4, 0.5) is 14.6 Å². The van der Waals surface area contributed by atoms with E-state index in [4.69, 9.17) is 0 Å². The Labute approximate surface area is 195 Å². The Morgan fingerprint density at radius 2 is 1.82 bits per heavy atom. The molecule has 2 N–H and O–H groups in total. The van der Waals surface area contributed by atoms with Crippen LogP contribution in [0.1, 0.15) is 23.4 Å². The minimum Gasteiger partial charge on any atom is -0.391 e. The predicted molar refractivity (Wildman–Crippen MR) is 120 cm³/mol. The standard InChI is InChI=1S/C22H20F2N6O3S/c23-22(24,15-7-2-1-3-8-15)21-25-19(29-11-10-16(31)13-29)18-20(26-21)30(28-27-18)12-14-6-4-5-9-17(14)34(32)33/h1-9,16,31H,10-13H2,(H,32,33)/t16-/m0/s1. The van der Waals surface area contributed by atoms with E-state index in [0.29, 0.717) is 18.5 Å². The highest BCUT2D eigenvalue weighted by Gasteiger charge is 2.39. The van der Waals surface area contributed by atoms with E-state index in [2.05, 4.69) is 20.3 Å². The third-order valence-electron chi connectivity index (χ3n) is 5.71. The van der Waals surface area contributed by atoms with Crippen molar-refractivity contribution in [3.63, 3.8) is 0 Å². The molecule has 12 heteroatoms. The molecule has 9 nitrogen and oxygen atoms in total. The summed E-state index contributed by atoms with van der Waals surface area (Å²) in [6, 6.07) is 13.7. The summed E-state index contributed by atoms with van der Waals surface area (Å²) in [5.74, 6) is -4.05. The summed E-state index contributed by atoms with van der Waals surface area (Å²) in [4.78, 5) is 10.2. The van der Waals surface area contributed by atoms with Gasteiger partial charge in [0, 0.05) is 18.7 Å². The number of fused-ring (bicyclic) bond motifs is 1. The summed E-state index contributed by atoms with van der Waals surface area (Å²) in [5.41, 5.74) is 0.491. The van der Waals surface area contributed by atoms with Gasteiger partial charge in [-0.05, 0) is 18.1 Å². The number of rotatable bonds is 6. The molecule has 0 aliphatic carbocycles. The second-order valence-corrected chi connectivity index (χ2v) is 8.91. The first-order valence-electron chi connectivity index (χ1n) is 10.5. The van der Waals surface area contributed by atoms with Crippen LogP contribution in [0.5, 0.6) is 0 Å². The SMILES string of the molecule is O=S(O)c1ccccc1Cn1nnc2c(N3CC[C@H](O)C3)nc(C(F)(F)c3ccccc3)nc21. The third-order valence-corrected chi connectivity index (χ3v) is 6.48. The lowest BCUT2D eigenvalue weighted by Gasteiger charge is -2.20. The van der Waals surface area contributed by atoms with Gasteiger partial charge in [0.05, 0.1) is 17.5 Å². The van der Waals surface area contributed by atoms with E-state index >= 15 is 8.78 Å².